The number of amides is 1. The largest absolute Gasteiger partial charge is 0.341 e. The lowest BCUT2D eigenvalue weighted by molar-refractivity contribution is -0.135. The minimum atomic E-state index is -0.208. The lowest BCUT2D eigenvalue weighted by Crippen LogP contribution is -2.52. The number of rotatable bonds is 4. The van der Waals surface area contributed by atoms with E-state index in [4.69, 9.17) is 0 Å². The molecule has 2 saturated heterocycles. The van der Waals surface area contributed by atoms with Crippen LogP contribution in [0.1, 0.15) is 44.2 Å². The zero-order chi connectivity index (χ0) is 16.9. The van der Waals surface area contributed by atoms with E-state index in [0.29, 0.717) is 12.0 Å². The molecule has 4 heteroatoms. The number of piperidine rings is 2. The second-order valence-electron chi connectivity index (χ2n) is 7.53. The van der Waals surface area contributed by atoms with Gasteiger partial charge in [0.1, 0.15) is 6.04 Å². The highest BCUT2D eigenvalue weighted by Crippen LogP contribution is 2.23. The molecule has 1 aromatic carbocycles. The van der Waals surface area contributed by atoms with Crippen LogP contribution in [0.3, 0.4) is 0 Å². The van der Waals surface area contributed by atoms with Crippen molar-refractivity contribution in [1.29, 1.82) is 0 Å². The summed E-state index contributed by atoms with van der Waals surface area (Å²) in [7, 11) is 2.18. The highest BCUT2D eigenvalue weighted by molar-refractivity contribution is 5.83. The third-order valence-corrected chi connectivity index (χ3v) is 5.54. The summed E-state index contributed by atoms with van der Waals surface area (Å²) in [5.74, 6) is 0.816. The summed E-state index contributed by atoms with van der Waals surface area (Å²) in [5, 5.41) is 3.72. The Morgan fingerprint density at radius 1 is 1.12 bits per heavy atom. The van der Waals surface area contributed by atoms with E-state index in [0.717, 1.165) is 51.0 Å². The third kappa shape index (κ3) is 4.17. The standard InChI is InChI=1S/C20H31N3O/c1-16-15-22(2)14-11-18(16)21-19(17-9-5-3-6-10-17)20(24)23-12-7-4-8-13-23/h3,5-6,9-10,16,18-19,21H,4,7-8,11-15H2,1-2H3/t16-,18+,19-/m1/s1. The van der Waals surface area contributed by atoms with Crippen LogP contribution in [0.4, 0.5) is 0 Å². The van der Waals surface area contributed by atoms with Crippen LogP contribution in [0.15, 0.2) is 30.3 Å². The Balaban J connectivity index is 1.76. The van der Waals surface area contributed by atoms with Crippen LogP contribution in [0.5, 0.6) is 0 Å². The fourth-order valence-corrected chi connectivity index (χ4v) is 4.07. The van der Waals surface area contributed by atoms with E-state index in [1.165, 1.54) is 6.42 Å². The summed E-state index contributed by atoms with van der Waals surface area (Å²) in [5.41, 5.74) is 1.10. The molecule has 0 spiro atoms. The number of hydrogen-bond donors (Lipinski definition) is 1. The molecular formula is C20H31N3O. The molecule has 0 aliphatic carbocycles. The number of nitrogens with one attached hydrogen (secondary N) is 1. The molecule has 3 rings (SSSR count). The van der Waals surface area contributed by atoms with Crippen molar-refractivity contribution in [3.8, 4) is 0 Å². The van der Waals surface area contributed by atoms with E-state index < -0.39 is 0 Å². The molecule has 4 nitrogen and oxygen atoms in total. The molecule has 2 aliphatic heterocycles. The number of hydrogen-bond acceptors (Lipinski definition) is 3. The van der Waals surface area contributed by atoms with Gasteiger partial charge >= 0.3 is 0 Å². The number of likely N-dealkylation sites (tertiary alicyclic amines) is 2. The molecule has 24 heavy (non-hydrogen) atoms. The first-order valence-corrected chi connectivity index (χ1v) is 9.43. The molecule has 0 radical (unpaired) electrons. The number of nitrogens with zero attached hydrogens (tertiary/aromatic N) is 2. The van der Waals surface area contributed by atoms with Crippen LogP contribution in [-0.2, 0) is 4.79 Å². The maximum atomic E-state index is 13.2. The summed E-state index contributed by atoms with van der Waals surface area (Å²) >= 11 is 0. The third-order valence-electron chi connectivity index (χ3n) is 5.54. The Hall–Kier alpha value is -1.39. The summed E-state index contributed by atoms with van der Waals surface area (Å²) in [6, 6.07) is 10.4. The first-order valence-electron chi connectivity index (χ1n) is 9.43. The van der Waals surface area contributed by atoms with E-state index in [9.17, 15) is 4.79 Å². The summed E-state index contributed by atoms with van der Waals surface area (Å²) in [4.78, 5) is 17.6. The molecule has 3 atom stereocenters. The zero-order valence-electron chi connectivity index (χ0n) is 15.1. The number of carbonyl (C=O) groups excluding carboxylic acids is 1. The molecule has 1 N–H and O–H groups in total. The van der Waals surface area contributed by atoms with Gasteiger partial charge in [-0.3, -0.25) is 10.1 Å². The molecular weight excluding hydrogens is 298 g/mol. The van der Waals surface area contributed by atoms with Gasteiger partial charge in [0, 0.05) is 25.7 Å². The highest BCUT2D eigenvalue weighted by atomic mass is 16.2. The van der Waals surface area contributed by atoms with Crippen molar-refractivity contribution < 1.29 is 4.79 Å². The Morgan fingerprint density at radius 3 is 2.50 bits per heavy atom. The van der Waals surface area contributed by atoms with Crippen molar-refractivity contribution in [2.75, 3.05) is 33.2 Å². The number of carbonyl (C=O) groups is 1. The molecule has 1 aromatic rings. The molecule has 0 unspecified atom stereocenters. The van der Waals surface area contributed by atoms with Gasteiger partial charge in [-0.2, -0.15) is 0 Å². The van der Waals surface area contributed by atoms with Crippen LogP contribution in [-0.4, -0.2) is 55.0 Å². The van der Waals surface area contributed by atoms with E-state index in [2.05, 4.69) is 41.2 Å². The van der Waals surface area contributed by atoms with Crippen molar-refractivity contribution in [3.63, 3.8) is 0 Å². The fourth-order valence-electron chi connectivity index (χ4n) is 4.07. The van der Waals surface area contributed by atoms with Gasteiger partial charge in [0.15, 0.2) is 0 Å². The predicted molar refractivity (Wildman–Crippen MR) is 97.8 cm³/mol. The molecule has 0 bridgehead atoms. The van der Waals surface area contributed by atoms with Gasteiger partial charge in [-0.05, 0) is 50.8 Å². The van der Waals surface area contributed by atoms with Gasteiger partial charge in [-0.25, -0.2) is 0 Å². The lowest BCUT2D eigenvalue weighted by atomic mass is 9.92. The van der Waals surface area contributed by atoms with Gasteiger partial charge in [-0.1, -0.05) is 37.3 Å². The van der Waals surface area contributed by atoms with Gasteiger partial charge in [0.25, 0.3) is 0 Å². The second-order valence-corrected chi connectivity index (χ2v) is 7.53. The van der Waals surface area contributed by atoms with Gasteiger partial charge in [0.05, 0.1) is 0 Å². The minimum Gasteiger partial charge on any atom is -0.341 e. The molecule has 0 saturated carbocycles. The van der Waals surface area contributed by atoms with Crippen LogP contribution in [0.25, 0.3) is 0 Å². The monoisotopic (exact) mass is 329 g/mol. The molecule has 0 aromatic heterocycles. The number of benzene rings is 1. The van der Waals surface area contributed by atoms with Crippen molar-refractivity contribution in [1.82, 2.24) is 15.1 Å². The lowest BCUT2D eigenvalue weighted by Gasteiger charge is -2.39. The summed E-state index contributed by atoms with van der Waals surface area (Å²) in [6.45, 7) is 6.30. The minimum absolute atomic E-state index is 0.208. The van der Waals surface area contributed by atoms with Crippen molar-refractivity contribution in [3.05, 3.63) is 35.9 Å². The maximum Gasteiger partial charge on any atom is 0.244 e. The van der Waals surface area contributed by atoms with Crippen molar-refractivity contribution in [2.45, 2.75) is 44.7 Å². The first-order chi connectivity index (χ1) is 11.6. The first kappa shape index (κ1) is 17.4. The Morgan fingerprint density at radius 2 is 1.83 bits per heavy atom. The predicted octanol–water partition coefficient (Wildman–Crippen LogP) is 2.67. The van der Waals surface area contributed by atoms with Gasteiger partial charge in [0.2, 0.25) is 5.91 Å². The molecule has 2 aliphatic rings. The van der Waals surface area contributed by atoms with E-state index in [1.807, 2.05) is 18.2 Å². The highest BCUT2D eigenvalue weighted by Gasteiger charge is 2.32. The fraction of sp³-hybridized carbons (Fsp3) is 0.650. The summed E-state index contributed by atoms with van der Waals surface area (Å²) < 4.78 is 0. The quantitative estimate of drug-likeness (QED) is 0.922. The van der Waals surface area contributed by atoms with E-state index >= 15 is 0 Å². The van der Waals surface area contributed by atoms with Crippen LogP contribution < -0.4 is 5.32 Å². The molecule has 2 fully saturated rings. The van der Waals surface area contributed by atoms with Gasteiger partial charge in [-0.15, -0.1) is 0 Å². The zero-order valence-corrected chi connectivity index (χ0v) is 15.1. The molecule has 132 valence electrons. The van der Waals surface area contributed by atoms with Crippen LogP contribution >= 0.6 is 0 Å². The van der Waals surface area contributed by atoms with E-state index in [-0.39, 0.29) is 11.9 Å². The Labute approximate surface area is 146 Å². The van der Waals surface area contributed by atoms with Gasteiger partial charge < -0.3 is 9.80 Å². The Bertz CT molecular complexity index is 527. The van der Waals surface area contributed by atoms with Crippen molar-refractivity contribution in [2.24, 2.45) is 5.92 Å². The van der Waals surface area contributed by atoms with E-state index in [1.54, 1.807) is 0 Å². The van der Waals surface area contributed by atoms with Crippen LogP contribution in [0, 0.1) is 5.92 Å². The van der Waals surface area contributed by atoms with Crippen molar-refractivity contribution >= 4 is 5.91 Å². The Kier molecular flexibility index (Phi) is 5.90. The normalized spacial score (nSPS) is 27.0. The second kappa shape index (κ2) is 8.13. The topological polar surface area (TPSA) is 35.6 Å². The van der Waals surface area contributed by atoms with Crippen LogP contribution in [0.2, 0.25) is 0 Å². The maximum absolute atomic E-state index is 13.2. The average molecular weight is 329 g/mol. The molecule has 2 heterocycles. The average Bonchev–Trinajstić information content (AvgIpc) is 2.62. The smallest absolute Gasteiger partial charge is 0.244 e. The summed E-state index contributed by atoms with van der Waals surface area (Å²) in [6.07, 6.45) is 4.63. The molecule has 1 amide bonds. The SMILES string of the molecule is C[C@@H]1CN(C)CC[C@@H]1N[C@@H](C(=O)N1CCCCC1)c1ccccc1.